The zero-order valence-electron chi connectivity index (χ0n) is 12.8. The number of hydrogen-bond donors (Lipinski definition) is 1. The Morgan fingerprint density at radius 3 is 2.81 bits per heavy atom. The Balaban J connectivity index is 2.15. The summed E-state index contributed by atoms with van der Waals surface area (Å²) in [5.74, 6) is -0.106. The molecule has 1 amide bonds. The maximum atomic E-state index is 12.4. The normalized spacial score (nSPS) is 11.4. The van der Waals surface area contributed by atoms with Crippen LogP contribution in [0.5, 0.6) is 0 Å². The number of ether oxygens (including phenoxy) is 1. The van der Waals surface area contributed by atoms with Crippen molar-refractivity contribution in [3.8, 4) is 0 Å². The fraction of sp³-hybridized carbons (Fsp3) is 0.375. The highest BCUT2D eigenvalue weighted by Crippen LogP contribution is 2.24. The van der Waals surface area contributed by atoms with Crippen LogP contribution in [-0.2, 0) is 16.9 Å². The number of aryl methyl sites for hydroxylation is 1. The number of amides is 1. The molecule has 0 fully saturated rings. The van der Waals surface area contributed by atoms with E-state index in [0.717, 1.165) is 16.3 Å². The van der Waals surface area contributed by atoms with Crippen molar-refractivity contribution >= 4 is 17.2 Å². The summed E-state index contributed by atoms with van der Waals surface area (Å²) in [6.45, 7) is 6.37. The van der Waals surface area contributed by atoms with Crippen molar-refractivity contribution in [3.63, 3.8) is 0 Å². The van der Waals surface area contributed by atoms with Gasteiger partial charge in [0, 0.05) is 23.7 Å². The second-order valence-electron chi connectivity index (χ2n) is 5.51. The molecule has 0 radical (unpaired) electrons. The molecule has 1 aromatic heterocycles. The van der Waals surface area contributed by atoms with Crippen molar-refractivity contribution in [3.05, 3.63) is 51.5 Å². The van der Waals surface area contributed by atoms with Crippen molar-refractivity contribution in [1.29, 1.82) is 0 Å². The Bertz CT molecular complexity index is 635. The van der Waals surface area contributed by atoms with Crippen LogP contribution in [0, 0.1) is 6.92 Å². The molecule has 0 saturated heterocycles. The SMILES string of the molecule is COCc1cccc(C(=O)NC(C)(C)c2nc(C)cs2)c1. The van der Waals surface area contributed by atoms with E-state index in [1.165, 1.54) is 0 Å². The number of methoxy groups -OCH3 is 1. The molecule has 0 aliphatic rings. The maximum absolute atomic E-state index is 12.4. The fourth-order valence-corrected chi connectivity index (χ4v) is 2.90. The molecule has 1 heterocycles. The van der Waals surface area contributed by atoms with Gasteiger partial charge in [-0.15, -0.1) is 11.3 Å². The molecule has 0 atom stereocenters. The summed E-state index contributed by atoms with van der Waals surface area (Å²) >= 11 is 1.56. The summed E-state index contributed by atoms with van der Waals surface area (Å²) in [7, 11) is 1.64. The lowest BCUT2D eigenvalue weighted by molar-refractivity contribution is 0.0911. The highest BCUT2D eigenvalue weighted by atomic mass is 32.1. The lowest BCUT2D eigenvalue weighted by Gasteiger charge is -2.24. The van der Waals surface area contributed by atoms with Crippen molar-refractivity contribution in [2.75, 3.05) is 7.11 Å². The Morgan fingerprint density at radius 2 is 2.19 bits per heavy atom. The highest BCUT2D eigenvalue weighted by Gasteiger charge is 2.26. The van der Waals surface area contributed by atoms with Crippen LogP contribution in [0.4, 0.5) is 0 Å². The average Bonchev–Trinajstić information content (AvgIpc) is 2.86. The van der Waals surface area contributed by atoms with Gasteiger partial charge in [-0.05, 0) is 38.5 Å². The van der Waals surface area contributed by atoms with Gasteiger partial charge in [0.15, 0.2) is 0 Å². The first-order valence-electron chi connectivity index (χ1n) is 6.75. The van der Waals surface area contributed by atoms with E-state index in [2.05, 4.69) is 10.3 Å². The number of nitrogens with zero attached hydrogens (tertiary/aromatic N) is 1. The van der Waals surface area contributed by atoms with Gasteiger partial charge in [0.25, 0.3) is 5.91 Å². The number of benzene rings is 1. The third kappa shape index (κ3) is 3.89. The van der Waals surface area contributed by atoms with Gasteiger partial charge in [-0.3, -0.25) is 4.79 Å². The average molecular weight is 304 g/mol. The monoisotopic (exact) mass is 304 g/mol. The third-order valence-corrected chi connectivity index (χ3v) is 4.36. The zero-order chi connectivity index (χ0) is 15.5. The number of carbonyl (C=O) groups excluding carboxylic acids is 1. The molecule has 0 aliphatic carbocycles. The zero-order valence-corrected chi connectivity index (χ0v) is 13.6. The summed E-state index contributed by atoms with van der Waals surface area (Å²) in [4.78, 5) is 16.9. The molecule has 1 N–H and O–H groups in total. The minimum absolute atomic E-state index is 0.106. The Kier molecular flexibility index (Phi) is 4.75. The molecule has 112 valence electrons. The number of nitrogens with one attached hydrogen (secondary N) is 1. The predicted octanol–water partition coefficient (Wildman–Crippen LogP) is 3.26. The van der Waals surface area contributed by atoms with E-state index in [9.17, 15) is 4.79 Å². The molecule has 5 heteroatoms. The maximum Gasteiger partial charge on any atom is 0.252 e. The summed E-state index contributed by atoms with van der Waals surface area (Å²) < 4.78 is 5.10. The van der Waals surface area contributed by atoms with E-state index in [4.69, 9.17) is 4.74 Å². The molecule has 0 saturated carbocycles. The number of hydrogen-bond acceptors (Lipinski definition) is 4. The van der Waals surface area contributed by atoms with Crippen molar-refractivity contribution in [2.24, 2.45) is 0 Å². The van der Waals surface area contributed by atoms with Gasteiger partial charge in [-0.2, -0.15) is 0 Å². The first kappa shape index (κ1) is 15.7. The molecule has 21 heavy (non-hydrogen) atoms. The minimum Gasteiger partial charge on any atom is -0.380 e. The second-order valence-corrected chi connectivity index (χ2v) is 6.36. The quantitative estimate of drug-likeness (QED) is 0.922. The van der Waals surface area contributed by atoms with E-state index in [1.807, 2.05) is 44.4 Å². The van der Waals surface area contributed by atoms with Gasteiger partial charge in [0.05, 0.1) is 12.1 Å². The minimum atomic E-state index is -0.493. The fourth-order valence-electron chi connectivity index (χ4n) is 2.02. The van der Waals surface area contributed by atoms with Gasteiger partial charge in [-0.1, -0.05) is 12.1 Å². The molecule has 0 aliphatic heterocycles. The highest BCUT2D eigenvalue weighted by molar-refractivity contribution is 7.09. The van der Waals surface area contributed by atoms with Crippen LogP contribution in [0.15, 0.2) is 29.6 Å². The Labute approximate surface area is 129 Å². The van der Waals surface area contributed by atoms with E-state index in [1.54, 1.807) is 24.5 Å². The molecule has 0 spiro atoms. The number of thiazole rings is 1. The van der Waals surface area contributed by atoms with Gasteiger partial charge in [-0.25, -0.2) is 4.98 Å². The first-order chi connectivity index (χ1) is 9.92. The molecule has 0 bridgehead atoms. The van der Waals surface area contributed by atoms with Crippen LogP contribution in [0.1, 0.15) is 40.5 Å². The smallest absolute Gasteiger partial charge is 0.252 e. The molecule has 2 rings (SSSR count). The molecule has 1 aromatic carbocycles. The summed E-state index contributed by atoms with van der Waals surface area (Å²) in [5.41, 5.74) is 2.09. The Hall–Kier alpha value is -1.72. The first-order valence-corrected chi connectivity index (χ1v) is 7.63. The molecule has 0 unspecified atom stereocenters. The molecular weight excluding hydrogens is 284 g/mol. The lowest BCUT2D eigenvalue weighted by Crippen LogP contribution is -2.41. The predicted molar refractivity (Wildman–Crippen MR) is 84.5 cm³/mol. The van der Waals surface area contributed by atoms with E-state index >= 15 is 0 Å². The molecule has 4 nitrogen and oxygen atoms in total. The second kappa shape index (κ2) is 6.37. The van der Waals surface area contributed by atoms with Crippen molar-refractivity contribution in [1.82, 2.24) is 10.3 Å². The van der Waals surface area contributed by atoms with Crippen LogP contribution in [0.3, 0.4) is 0 Å². The van der Waals surface area contributed by atoms with Gasteiger partial charge >= 0.3 is 0 Å². The largest absolute Gasteiger partial charge is 0.380 e. The van der Waals surface area contributed by atoms with E-state index < -0.39 is 5.54 Å². The molecular formula is C16H20N2O2S. The van der Waals surface area contributed by atoms with Gasteiger partial charge in [0.2, 0.25) is 0 Å². The molecule has 2 aromatic rings. The number of rotatable bonds is 5. The van der Waals surface area contributed by atoms with Crippen LogP contribution in [0.25, 0.3) is 0 Å². The number of carbonyl (C=O) groups is 1. The van der Waals surface area contributed by atoms with Gasteiger partial charge < -0.3 is 10.1 Å². The van der Waals surface area contributed by atoms with E-state index in [0.29, 0.717) is 12.2 Å². The summed E-state index contributed by atoms with van der Waals surface area (Å²) in [5, 5.41) is 5.93. The standard InChI is InChI=1S/C16H20N2O2S/c1-11-10-21-15(17-11)16(2,3)18-14(19)13-7-5-6-12(8-13)9-20-4/h5-8,10H,9H2,1-4H3,(H,18,19). The number of aromatic nitrogens is 1. The van der Waals surface area contributed by atoms with Crippen LogP contribution in [-0.4, -0.2) is 18.0 Å². The van der Waals surface area contributed by atoms with Crippen LogP contribution in [0.2, 0.25) is 0 Å². The van der Waals surface area contributed by atoms with E-state index in [-0.39, 0.29) is 5.91 Å². The van der Waals surface area contributed by atoms with Crippen LogP contribution >= 0.6 is 11.3 Å². The van der Waals surface area contributed by atoms with Gasteiger partial charge in [0.1, 0.15) is 5.01 Å². The van der Waals surface area contributed by atoms with Crippen molar-refractivity contribution in [2.45, 2.75) is 32.9 Å². The third-order valence-electron chi connectivity index (χ3n) is 3.08. The summed E-state index contributed by atoms with van der Waals surface area (Å²) in [6.07, 6.45) is 0. The Morgan fingerprint density at radius 1 is 1.43 bits per heavy atom. The van der Waals surface area contributed by atoms with Crippen molar-refractivity contribution < 1.29 is 9.53 Å². The summed E-state index contributed by atoms with van der Waals surface area (Å²) in [6, 6.07) is 7.46. The van der Waals surface area contributed by atoms with Crippen LogP contribution < -0.4 is 5.32 Å². The topological polar surface area (TPSA) is 51.2 Å². The lowest BCUT2D eigenvalue weighted by atomic mass is 10.0.